The van der Waals surface area contributed by atoms with E-state index in [2.05, 4.69) is 42.0 Å². The van der Waals surface area contributed by atoms with Crippen molar-refractivity contribution >= 4 is 39.6 Å². The SMILES string of the molecule is Cc1ncccc1[C@H](Nc1cc(Cl)c2ncc(C#N)c(Nc3cnc(F)c(F)c3)c2c1)c1cn(C2CC2)nn1. The van der Waals surface area contributed by atoms with Crippen LogP contribution in [-0.4, -0.2) is 29.9 Å². The first-order chi connectivity index (χ1) is 18.9. The first-order valence-corrected chi connectivity index (χ1v) is 12.5. The van der Waals surface area contributed by atoms with E-state index in [0.717, 1.165) is 36.4 Å². The fourth-order valence-electron chi connectivity index (χ4n) is 4.42. The summed E-state index contributed by atoms with van der Waals surface area (Å²) in [5.41, 5.74) is 4.16. The number of hydrogen-bond donors (Lipinski definition) is 2. The number of nitriles is 1. The highest BCUT2D eigenvalue weighted by molar-refractivity contribution is 6.36. The summed E-state index contributed by atoms with van der Waals surface area (Å²) in [5.74, 6) is -2.34. The van der Waals surface area contributed by atoms with Crippen LogP contribution in [0.4, 0.5) is 25.8 Å². The van der Waals surface area contributed by atoms with E-state index in [1.54, 1.807) is 18.3 Å². The van der Waals surface area contributed by atoms with Gasteiger partial charge in [0.1, 0.15) is 11.8 Å². The monoisotopic (exact) mass is 543 g/mol. The minimum Gasteiger partial charge on any atom is -0.373 e. The highest BCUT2D eigenvalue weighted by Crippen LogP contribution is 2.38. The van der Waals surface area contributed by atoms with Crippen LogP contribution in [0.15, 0.2) is 55.1 Å². The zero-order valence-corrected chi connectivity index (χ0v) is 21.3. The second-order valence-electron chi connectivity index (χ2n) is 9.24. The molecule has 0 aliphatic heterocycles. The van der Waals surface area contributed by atoms with Gasteiger partial charge in [-0.2, -0.15) is 9.65 Å². The van der Waals surface area contributed by atoms with Crippen LogP contribution < -0.4 is 10.6 Å². The highest BCUT2D eigenvalue weighted by atomic mass is 35.5. The van der Waals surface area contributed by atoms with Gasteiger partial charge in [0.25, 0.3) is 0 Å². The third-order valence-corrected chi connectivity index (χ3v) is 6.81. The van der Waals surface area contributed by atoms with Gasteiger partial charge in [-0.1, -0.05) is 22.9 Å². The van der Waals surface area contributed by atoms with Crippen LogP contribution in [0, 0.1) is 30.0 Å². The highest BCUT2D eigenvalue weighted by Gasteiger charge is 2.28. The van der Waals surface area contributed by atoms with E-state index >= 15 is 0 Å². The Bertz CT molecular complexity index is 1760. The zero-order valence-electron chi connectivity index (χ0n) is 20.5. The molecule has 1 aromatic carbocycles. The Morgan fingerprint density at radius 3 is 2.72 bits per heavy atom. The Hall–Kier alpha value is -4.69. The summed E-state index contributed by atoms with van der Waals surface area (Å²) in [6.45, 7) is 1.92. The second kappa shape index (κ2) is 9.89. The van der Waals surface area contributed by atoms with Crippen molar-refractivity contribution in [1.82, 2.24) is 29.9 Å². The molecule has 0 unspecified atom stereocenters. The van der Waals surface area contributed by atoms with E-state index in [-0.39, 0.29) is 11.3 Å². The van der Waals surface area contributed by atoms with Crippen molar-refractivity contribution < 1.29 is 8.78 Å². The summed E-state index contributed by atoms with van der Waals surface area (Å²) >= 11 is 6.66. The summed E-state index contributed by atoms with van der Waals surface area (Å²) in [6, 6.07) is 10.4. The van der Waals surface area contributed by atoms with Gasteiger partial charge in [-0.05, 0) is 38.0 Å². The summed E-state index contributed by atoms with van der Waals surface area (Å²) in [4.78, 5) is 12.2. The Balaban J connectivity index is 1.45. The standard InChI is InChI=1S/C27H20ClF2N9/c1-14-19(3-2-6-32-14)26(23-13-39(38-37-23)18-4-5-18)35-16-7-20-24(36-17-9-22(29)27(30)34-12-17)15(10-31)11-33-25(20)21(28)8-16/h2-3,6-9,11-13,18,26,35H,4-5H2,1H3,(H,33,36)/t26-/m0/s1. The number of fused-ring (bicyclic) bond motifs is 1. The molecule has 2 N–H and O–H groups in total. The predicted molar refractivity (Wildman–Crippen MR) is 142 cm³/mol. The Morgan fingerprint density at radius 1 is 1.13 bits per heavy atom. The van der Waals surface area contributed by atoms with Crippen molar-refractivity contribution in [3.05, 3.63) is 94.4 Å². The molecule has 6 rings (SSSR count). The molecule has 4 heterocycles. The number of hydrogen-bond acceptors (Lipinski definition) is 8. The number of aromatic nitrogens is 6. The molecule has 39 heavy (non-hydrogen) atoms. The van der Waals surface area contributed by atoms with Crippen LogP contribution >= 0.6 is 11.6 Å². The lowest BCUT2D eigenvalue weighted by Gasteiger charge is -2.21. The van der Waals surface area contributed by atoms with E-state index in [1.807, 2.05) is 29.9 Å². The van der Waals surface area contributed by atoms with Crippen molar-refractivity contribution in [2.24, 2.45) is 0 Å². The number of aryl methyl sites for hydroxylation is 1. The van der Waals surface area contributed by atoms with Crippen LogP contribution in [-0.2, 0) is 0 Å². The molecule has 1 aliphatic carbocycles. The van der Waals surface area contributed by atoms with Gasteiger partial charge in [-0.15, -0.1) is 5.10 Å². The number of halogens is 3. The van der Waals surface area contributed by atoms with Crippen LogP contribution in [0.3, 0.4) is 0 Å². The smallest absolute Gasteiger partial charge is 0.249 e. The predicted octanol–water partition coefficient (Wildman–Crippen LogP) is 6.01. The third-order valence-electron chi connectivity index (χ3n) is 6.53. The van der Waals surface area contributed by atoms with Crippen LogP contribution in [0.2, 0.25) is 5.02 Å². The van der Waals surface area contributed by atoms with Gasteiger partial charge in [0.2, 0.25) is 5.95 Å². The molecule has 0 saturated heterocycles. The van der Waals surface area contributed by atoms with Crippen LogP contribution in [0.5, 0.6) is 0 Å². The summed E-state index contributed by atoms with van der Waals surface area (Å²) < 4.78 is 29.1. The molecule has 1 atom stereocenters. The summed E-state index contributed by atoms with van der Waals surface area (Å²) in [6.07, 6.45) is 8.32. The molecular formula is C27H20ClF2N9. The lowest BCUT2D eigenvalue weighted by Crippen LogP contribution is -2.15. The number of nitrogens with zero attached hydrogens (tertiary/aromatic N) is 7. The molecule has 9 nitrogen and oxygen atoms in total. The summed E-state index contributed by atoms with van der Waals surface area (Å²) in [7, 11) is 0. The lowest BCUT2D eigenvalue weighted by molar-refractivity contribution is 0.480. The largest absolute Gasteiger partial charge is 0.373 e. The van der Waals surface area contributed by atoms with Gasteiger partial charge in [-0.3, -0.25) is 9.97 Å². The average molecular weight is 544 g/mol. The first kappa shape index (κ1) is 24.6. The van der Waals surface area contributed by atoms with Gasteiger partial charge >= 0.3 is 0 Å². The Kier molecular flexibility index (Phi) is 6.24. The minimum absolute atomic E-state index is 0.160. The van der Waals surface area contributed by atoms with Gasteiger partial charge in [0, 0.05) is 40.8 Å². The first-order valence-electron chi connectivity index (χ1n) is 12.1. The van der Waals surface area contributed by atoms with E-state index in [0.29, 0.717) is 39.0 Å². The maximum Gasteiger partial charge on any atom is 0.249 e. The van der Waals surface area contributed by atoms with Crippen molar-refractivity contribution in [2.75, 3.05) is 10.6 Å². The normalized spacial score (nSPS) is 13.7. The number of anilines is 3. The molecule has 0 radical (unpaired) electrons. The van der Waals surface area contributed by atoms with E-state index in [4.69, 9.17) is 11.6 Å². The molecule has 5 aromatic rings. The molecular weight excluding hydrogens is 524 g/mol. The van der Waals surface area contributed by atoms with E-state index in [1.165, 1.54) is 6.20 Å². The average Bonchev–Trinajstić information content (AvgIpc) is 3.67. The van der Waals surface area contributed by atoms with Crippen molar-refractivity contribution in [1.29, 1.82) is 5.26 Å². The molecule has 0 amide bonds. The van der Waals surface area contributed by atoms with Crippen LogP contribution in [0.25, 0.3) is 10.9 Å². The van der Waals surface area contributed by atoms with Gasteiger partial charge in [-0.25, -0.2) is 14.1 Å². The van der Waals surface area contributed by atoms with Crippen molar-refractivity contribution in [2.45, 2.75) is 31.8 Å². The third kappa shape index (κ3) is 4.82. The molecule has 0 bridgehead atoms. The maximum atomic E-state index is 13.9. The van der Waals surface area contributed by atoms with Crippen LogP contribution in [0.1, 0.15) is 47.4 Å². The maximum absolute atomic E-state index is 13.9. The number of pyridine rings is 3. The van der Waals surface area contributed by atoms with Crippen molar-refractivity contribution in [3.8, 4) is 6.07 Å². The fraction of sp³-hybridized carbons (Fsp3) is 0.185. The molecule has 1 saturated carbocycles. The fourth-order valence-corrected chi connectivity index (χ4v) is 4.68. The quantitative estimate of drug-likeness (QED) is 0.240. The molecule has 0 spiro atoms. The Labute approximate surface area is 226 Å². The minimum atomic E-state index is -1.22. The van der Waals surface area contributed by atoms with Gasteiger partial charge in [0.05, 0.1) is 52.0 Å². The molecule has 1 aliphatic rings. The van der Waals surface area contributed by atoms with Gasteiger partial charge < -0.3 is 10.6 Å². The zero-order chi connectivity index (χ0) is 27.1. The summed E-state index contributed by atoms with van der Waals surface area (Å²) in [5, 5.41) is 25.8. The molecule has 12 heteroatoms. The second-order valence-corrected chi connectivity index (χ2v) is 9.65. The van der Waals surface area contributed by atoms with E-state index < -0.39 is 17.8 Å². The van der Waals surface area contributed by atoms with Crippen molar-refractivity contribution in [3.63, 3.8) is 0 Å². The number of nitrogens with one attached hydrogen (secondary N) is 2. The van der Waals surface area contributed by atoms with Gasteiger partial charge in [0.15, 0.2) is 5.82 Å². The number of rotatable bonds is 7. The number of benzene rings is 1. The lowest BCUT2D eigenvalue weighted by atomic mass is 10.0. The Morgan fingerprint density at radius 2 is 1.97 bits per heavy atom. The molecule has 1 fully saturated rings. The molecule has 194 valence electrons. The van der Waals surface area contributed by atoms with E-state index in [9.17, 15) is 14.0 Å². The molecule has 4 aromatic heterocycles. The topological polar surface area (TPSA) is 117 Å².